The molecule has 0 spiro atoms. The van der Waals surface area contributed by atoms with Crippen molar-refractivity contribution in [2.24, 2.45) is 0 Å². The van der Waals surface area contributed by atoms with Gasteiger partial charge in [0.1, 0.15) is 11.4 Å². The van der Waals surface area contributed by atoms with E-state index in [1.807, 2.05) is 0 Å². The highest BCUT2D eigenvalue weighted by molar-refractivity contribution is 5.95. The Bertz CT molecular complexity index is 585. The third kappa shape index (κ3) is 2.28. The van der Waals surface area contributed by atoms with Gasteiger partial charge in [-0.3, -0.25) is 9.59 Å². The molecular formula is C13H17N3O3. The van der Waals surface area contributed by atoms with Crippen LogP contribution < -0.4 is 10.9 Å². The van der Waals surface area contributed by atoms with Crippen molar-refractivity contribution in [1.82, 2.24) is 15.3 Å². The summed E-state index contributed by atoms with van der Waals surface area (Å²) in [6.07, 6.45) is 3.59. The van der Waals surface area contributed by atoms with Crippen LogP contribution in [-0.2, 0) is 0 Å². The monoisotopic (exact) mass is 263 g/mol. The number of amides is 1. The minimum absolute atomic E-state index is 0.0594. The van der Waals surface area contributed by atoms with Crippen LogP contribution in [0.25, 0.3) is 0 Å². The van der Waals surface area contributed by atoms with E-state index in [1.54, 1.807) is 6.92 Å². The molecule has 2 fully saturated rings. The second-order valence-electron chi connectivity index (χ2n) is 5.58. The van der Waals surface area contributed by atoms with E-state index >= 15 is 0 Å². The highest BCUT2D eigenvalue weighted by Gasteiger charge is 2.44. The molecule has 19 heavy (non-hydrogen) atoms. The Balaban J connectivity index is 1.87. The van der Waals surface area contributed by atoms with Crippen molar-refractivity contribution in [2.45, 2.75) is 44.1 Å². The van der Waals surface area contributed by atoms with Crippen LogP contribution >= 0.6 is 0 Å². The Morgan fingerprint density at radius 1 is 1.53 bits per heavy atom. The number of aryl methyl sites for hydroxylation is 1. The summed E-state index contributed by atoms with van der Waals surface area (Å²) < 4.78 is 0. The fourth-order valence-electron chi connectivity index (χ4n) is 2.20. The van der Waals surface area contributed by atoms with Crippen molar-refractivity contribution in [3.63, 3.8) is 0 Å². The van der Waals surface area contributed by atoms with E-state index in [0.29, 0.717) is 17.4 Å². The number of aliphatic hydroxyl groups is 1. The van der Waals surface area contributed by atoms with E-state index in [-0.39, 0.29) is 17.7 Å². The Kier molecular flexibility index (Phi) is 2.70. The first-order valence-electron chi connectivity index (χ1n) is 6.59. The van der Waals surface area contributed by atoms with E-state index in [1.165, 1.54) is 0 Å². The average molecular weight is 263 g/mol. The summed E-state index contributed by atoms with van der Waals surface area (Å²) >= 11 is 0. The number of aromatic nitrogens is 2. The summed E-state index contributed by atoms with van der Waals surface area (Å²) in [6.45, 7) is 1.58. The van der Waals surface area contributed by atoms with Crippen LogP contribution in [0.1, 0.15) is 53.5 Å². The number of hydrogen-bond acceptors (Lipinski definition) is 4. The minimum atomic E-state index is -0.523. The fourth-order valence-corrected chi connectivity index (χ4v) is 2.20. The molecule has 2 saturated carbocycles. The third-order valence-electron chi connectivity index (χ3n) is 3.84. The zero-order valence-corrected chi connectivity index (χ0v) is 10.8. The molecule has 0 aromatic carbocycles. The van der Waals surface area contributed by atoms with Gasteiger partial charge in [0.05, 0.1) is 17.8 Å². The molecular weight excluding hydrogens is 246 g/mol. The predicted octanol–water partition coefficient (Wildman–Crippen LogP) is 0.210. The summed E-state index contributed by atoms with van der Waals surface area (Å²) in [5, 5.41) is 11.9. The van der Waals surface area contributed by atoms with Gasteiger partial charge in [0.25, 0.3) is 11.5 Å². The summed E-state index contributed by atoms with van der Waals surface area (Å²) in [5.74, 6) is 0.582. The summed E-state index contributed by atoms with van der Waals surface area (Å²) in [4.78, 5) is 31.1. The zero-order chi connectivity index (χ0) is 13.6. The molecule has 0 atom stereocenters. The van der Waals surface area contributed by atoms with Gasteiger partial charge in [0, 0.05) is 5.92 Å². The van der Waals surface area contributed by atoms with E-state index in [9.17, 15) is 14.7 Å². The molecule has 0 bridgehead atoms. The zero-order valence-electron chi connectivity index (χ0n) is 10.8. The van der Waals surface area contributed by atoms with Crippen LogP contribution in [0.2, 0.25) is 0 Å². The summed E-state index contributed by atoms with van der Waals surface area (Å²) in [7, 11) is 0. The molecule has 1 aromatic rings. The number of H-pyrrole nitrogens is 1. The lowest BCUT2D eigenvalue weighted by atomic mass is 10.2. The van der Waals surface area contributed by atoms with Gasteiger partial charge in [0.15, 0.2) is 0 Å². The quantitative estimate of drug-likeness (QED) is 0.723. The van der Waals surface area contributed by atoms with Gasteiger partial charge in [-0.05, 0) is 32.6 Å². The second-order valence-corrected chi connectivity index (χ2v) is 5.58. The van der Waals surface area contributed by atoms with E-state index < -0.39 is 11.4 Å². The SMILES string of the molecule is Cc1nc(C2CC2)[nH]c(=O)c1C(=O)NC1(CO)CC1. The first kappa shape index (κ1) is 12.3. The third-order valence-corrected chi connectivity index (χ3v) is 3.84. The Hall–Kier alpha value is -1.69. The Morgan fingerprint density at radius 3 is 2.68 bits per heavy atom. The first-order valence-corrected chi connectivity index (χ1v) is 6.59. The molecule has 0 radical (unpaired) electrons. The Morgan fingerprint density at radius 2 is 2.21 bits per heavy atom. The van der Waals surface area contributed by atoms with Crippen molar-refractivity contribution >= 4 is 5.91 Å². The van der Waals surface area contributed by atoms with Gasteiger partial charge in [0.2, 0.25) is 0 Å². The fraction of sp³-hybridized carbons (Fsp3) is 0.615. The summed E-state index contributed by atoms with van der Waals surface area (Å²) in [5.41, 5.74) is -0.396. The van der Waals surface area contributed by atoms with Crippen LogP contribution in [0.4, 0.5) is 0 Å². The maximum atomic E-state index is 12.1. The van der Waals surface area contributed by atoms with Crippen LogP contribution in [0.15, 0.2) is 4.79 Å². The molecule has 2 aliphatic rings. The highest BCUT2D eigenvalue weighted by atomic mass is 16.3. The van der Waals surface area contributed by atoms with Gasteiger partial charge in [-0.2, -0.15) is 0 Å². The molecule has 0 unspecified atom stereocenters. The second kappa shape index (κ2) is 4.16. The lowest BCUT2D eigenvalue weighted by Crippen LogP contribution is -2.42. The molecule has 0 aliphatic heterocycles. The van der Waals surface area contributed by atoms with Gasteiger partial charge < -0.3 is 15.4 Å². The van der Waals surface area contributed by atoms with Crippen molar-refractivity contribution in [3.05, 3.63) is 27.4 Å². The molecule has 1 aromatic heterocycles. The molecule has 102 valence electrons. The summed E-state index contributed by atoms with van der Waals surface area (Å²) in [6, 6.07) is 0. The molecule has 1 heterocycles. The maximum Gasteiger partial charge on any atom is 0.264 e. The van der Waals surface area contributed by atoms with Crippen LogP contribution in [-0.4, -0.2) is 33.1 Å². The number of hydrogen-bond donors (Lipinski definition) is 3. The lowest BCUT2D eigenvalue weighted by molar-refractivity contribution is 0.0904. The normalized spacial score (nSPS) is 20.1. The van der Waals surface area contributed by atoms with Crippen molar-refractivity contribution in [3.8, 4) is 0 Å². The van der Waals surface area contributed by atoms with E-state index in [0.717, 1.165) is 25.7 Å². The van der Waals surface area contributed by atoms with Gasteiger partial charge >= 0.3 is 0 Å². The standard InChI is InChI=1S/C13H17N3O3/c1-7-9(12(19)16-13(6-17)4-5-13)11(18)15-10(14-7)8-2-3-8/h8,17H,2-6H2,1H3,(H,16,19)(H,14,15,18). The van der Waals surface area contributed by atoms with E-state index in [2.05, 4.69) is 15.3 Å². The molecule has 6 heteroatoms. The topological polar surface area (TPSA) is 95.1 Å². The van der Waals surface area contributed by atoms with Crippen LogP contribution in [0.5, 0.6) is 0 Å². The Labute approximate surface area is 110 Å². The molecule has 3 rings (SSSR count). The molecule has 3 N–H and O–H groups in total. The van der Waals surface area contributed by atoms with Gasteiger partial charge in [-0.1, -0.05) is 0 Å². The van der Waals surface area contributed by atoms with Crippen molar-refractivity contribution < 1.29 is 9.90 Å². The first-order chi connectivity index (χ1) is 9.04. The number of nitrogens with one attached hydrogen (secondary N) is 2. The smallest absolute Gasteiger partial charge is 0.264 e. The average Bonchev–Trinajstić information content (AvgIpc) is 3.23. The van der Waals surface area contributed by atoms with Crippen molar-refractivity contribution in [2.75, 3.05) is 6.61 Å². The van der Waals surface area contributed by atoms with Crippen LogP contribution in [0.3, 0.4) is 0 Å². The molecule has 1 amide bonds. The number of nitrogens with zero attached hydrogens (tertiary/aromatic N) is 1. The van der Waals surface area contributed by atoms with Gasteiger partial charge in [-0.15, -0.1) is 0 Å². The van der Waals surface area contributed by atoms with Crippen LogP contribution in [0, 0.1) is 6.92 Å². The van der Waals surface area contributed by atoms with Crippen molar-refractivity contribution in [1.29, 1.82) is 0 Å². The number of carbonyl (C=O) groups is 1. The van der Waals surface area contributed by atoms with Gasteiger partial charge in [-0.25, -0.2) is 4.98 Å². The number of carbonyl (C=O) groups excluding carboxylic acids is 1. The molecule has 0 saturated heterocycles. The van der Waals surface area contributed by atoms with E-state index in [4.69, 9.17) is 0 Å². The molecule has 6 nitrogen and oxygen atoms in total. The molecule has 2 aliphatic carbocycles. The minimum Gasteiger partial charge on any atom is -0.394 e. The lowest BCUT2D eigenvalue weighted by Gasteiger charge is -2.14. The number of aromatic amines is 1. The largest absolute Gasteiger partial charge is 0.394 e. The highest BCUT2D eigenvalue weighted by Crippen LogP contribution is 2.37. The number of aliphatic hydroxyl groups excluding tert-OH is 1. The number of rotatable bonds is 4. The predicted molar refractivity (Wildman–Crippen MR) is 68.1 cm³/mol. The maximum absolute atomic E-state index is 12.1.